The normalized spacial score (nSPS) is 13.0. The molecule has 0 aliphatic rings. The molecule has 3 nitrogen and oxygen atoms in total. The first-order valence-electron chi connectivity index (χ1n) is 6.99. The van der Waals surface area contributed by atoms with Gasteiger partial charge in [-0.2, -0.15) is 13.2 Å². The minimum absolute atomic E-state index is 0.0374. The molecule has 1 amide bonds. The quantitative estimate of drug-likeness (QED) is 0.761. The van der Waals surface area contributed by atoms with Crippen LogP contribution >= 0.6 is 0 Å². The molecule has 1 aromatic carbocycles. The van der Waals surface area contributed by atoms with Gasteiger partial charge in [0.05, 0.1) is 5.56 Å². The predicted molar refractivity (Wildman–Crippen MR) is 75.8 cm³/mol. The van der Waals surface area contributed by atoms with Crippen LogP contribution < -0.4 is 11.1 Å². The molecule has 0 spiro atoms. The van der Waals surface area contributed by atoms with E-state index >= 15 is 0 Å². The molecule has 0 aliphatic carbocycles. The van der Waals surface area contributed by atoms with Crippen molar-refractivity contribution in [3.8, 4) is 0 Å². The van der Waals surface area contributed by atoms with Crippen LogP contribution in [0.1, 0.15) is 43.2 Å². The van der Waals surface area contributed by atoms with E-state index in [1.807, 2.05) is 0 Å². The van der Waals surface area contributed by atoms with E-state index in [1.54, 1.807) is 13.0 Å². The molecule has 0 saturated carbocycles. The number of benzene rings is 1. The van der Waals surface area contributed by atoms with E-state index in [1.165, 1.54) is 12.1 Å². The summed E-state index contributed by atoms with van der Waals surface area (Å²) in [5, 5.41) is 2.70. The largest absolute Gasteiger partial charge is 0.416 e. The number of nitrogens with one attached hydrogen (secondary N) is 1. The summed E-state index contributed by atoms with van der Waals surface area (Å²) >= 11 is 0. The lowest BCUT2D eigenvalue weighted by Gasteiger charge is -2.18. The fourth-order valence-electron chi connectivity index (χ4n) is 2.14. The van der Waals surface area contributed by atoms with E-state index in [2.05, 4.69) is 5.32 Å². The van der Waals surface area contributed by atoms with Crippen molar-refractivity contribution in [3.05, 3.63) is 35.4 Å². The number of hydrogen-bond acceptors (Lipinski definition) is 2. The number of hydrogen-bond donors (Lipinski definition) is 2. The number of rotatable bonds is 7. The first-order valence-corrected chi connectivity index (χ1v) is 6.99. The van der Waals surface area contributed by atoms with Crippen LogP contribution in [-0.2, 0) is 11.0 Å². The van der Waals surface area contributed by atoms with Crippen molar-refractivity contribution in [2.45, 2.75) is 38.3 Å². The van der Waals surface area contributed by atoms with Gasteiger partial charge in [0, 0.05) is 13.0 Å². The van der Waals surface area contributed by atoms with Gasteiger partial charge in [-0.3, -0.25) is 4.79 Å². The van der Waals surface area contributed by atoms with E-state index in [-0.39, 0.29) is 17.9 Å². The Labute approximate surface area is 122 Å². The van der Waals surface area contributed by atoms with Crippen LogP contribution in [0.25, 0.3) is 0 Å². The first kappa shape index (κ1) is 17.5. The molecule has 0 saturated heterocycles. The standard InChI is InChI=1S/C15H21F3N2O/c1-11(10-14(21)20-9-5-4-8-19)12-6-2-3-7-13(12)15(16,17)18/h2-3,6-7,11H,4-5,8-10,19H2,1H3,(H,20,21). The molecular formula is C15H21F3N2O. The van der Waals surface area contributed by atoms with Gasteiger partial charge in [0.15, 0.2) is 0 Å². The van der Waals surface area contributed by atoms with Crippen molar-refractivity contribution in [1.82, 2.24) is 5.32 Å². The number of carbonyl (C=O) groups is 1. The predicted octanol–water partition coefficient (Wildman–Crippen LogP) is 3.05. The second kappa shape index (κ2) is 8.02. The zero-order valence-corrected chi connectivity index (χ0v) is 12.0. The Bertz CT molecular complexity index is 460. The lowest BCUT2D eigenvalue weighted by molar-refractivity contribution is -0.138. The molecule has 118 valence electrons. The summed E-state index contributed by atoms with van der Waals surface area (Å²) in [6.07, 6.45) is -2.78. The highest BCUT2D eigenvalue weighted by molar-refractivity contribution is 5.76. The molecule has 3 N–H and O–H groups in total. The van der Waals surface area contributed by atoms with Crippen LogP contribution in [0.5, 0.6) is 0 Å². The minimum Gasteiger partial charge on any atom is -0.356 e. The van der Waals surface area contributed by atoms with Crippen LogP contribution in [0.15, 0.2) is 24.3 Å². The summed E-state index contributed by atoms with van der Waals surface area (Å²) in [7, 11) is 0. The van der Waals surface area contributed by atoms with E-state index in [0.717, 1.165) is 18.9 Å². The second-order valence-electron chi connectivity index (χ2n) is 5.04. The molecule has 1 aromatic rings. The summed E-state index contributed by atoms with van der Waals surface area (Å²) in [5.41, 5.74) is 4.82. The van der Waals surface area contributed by atoms with Gasteiger partial charge in [-0.25, -0.2) is 0 Å². The molecule has 21 heavy (non-hydrogen) atoms. The Morgan fingerprint density at radius 1 is 1.29 bits per heavy atom. The third-order valence-corrected chi connectivity index (χ3v) is 3.24. The van der Waals surface area contributed by atoms with Crippen LogP contribution in [0.2, 0.25) is 0 Å². The topological polar surface area (TPSA) is 55.1 Å². The van der Waals surface area contributed by atoms with Crippen LogP contribution in [0.4, 0.5) is 13.2 Å². The average molecular weight is 302 g/mol. The van der Waals surface area contributed by atoms with Gasteiger partial charge in [-0.1, -0.05) is 25.1 Å². The number of carbonyl (C=O) groups excluding carboxylic acids is 1. The Kier molecular flexibility index (Phi) is 6.68. The Morgan fingerprint density at radius 3 is 2.57 bits per heavy atom. The zero-order valence-electron chi connectivity index (χ0n) is 12.0. The number of amides is 1. The van der Waals surface area contributed by atoms with E-state index in [9.17, 15) is 18.0 Å². The van der Waals surface area contributed by atoms with Gasteiger partial charge in [-0.05, 0) is 36.9 Å². The molecular weight excluding hydrogens is 281 g/mol. The van der Waals surface area contributed by atoms with Crippen molar-refractivity contribution in [2.24, 2.45) is 5.73 Å². The summed E-state index contributed by atoms with van der Waals surface area (Å²) in [5.74, 6) is -0.728. The highest BCUT2D eigenvalue weighted by Crippen LogP contribution is 2.35. The SMILES string of the molecule is CC(CC(=O)NCCCCN)c1ccccc1C(F)(F)F. The van der Waals surface area contributed by atoms with Crippen molar-refractivity contribution in [3.63, 3.8) is 0 Å². The van der Waals surface area contributed by atoms with Crippen LogP contribution in [0.3, 0.4) is 0 Å². The fraction of sp³-hybridized carbons (Fsp3) is 0.533. The maximum Gasteiger partial charge on any atom is 0.416 e. The molecule has 0 heterocycles. The highest BCUT2D eigenvalue weighted by Gasteiger charge is 2.34. The first-order chi connectivity index (χ1) is 9.86. The van der Waals surface area contributed by atoms with Crippen molar-refractivity contribution in [1.29, 1.82) is 0 Å². The minimum atomic E-state index is -4.40. The van der Waals surface area contributed by atoms with Gasteiger partial charge in [0.2, 0.25) is 5.91 Å². The molecule has 0 radical (unpaired) electrons. The molecule has 1 rings (SSSR count). The Morgan fingerprint density at radius 2 is 1.95 bits per heavy atom. The third-order valence-electron chi connectivity index (χ3n) is 3.24. The number of alkyl halides is 3. The maximum absolute atomic E-state index is 12.9. The van der Waals surface area contributed by atoms with Crippen molar-refractivity contribution < 1.29 is 18.0 Å². The summed E-state index contributed by atoms with van der Waals surface area (Å²) in [6.45, 7) is 2.69. The van der Waals surface area contributed by atoms with E-state index < -0.39 is 17.7 Å². The van der Waals surface area contributed by atoms with Gasteiger partial charge < -0.3 is 11.1 Å². The lowest BCUT2D eigenvalue weighted by Crippen LogP contribution is -2.26. The summed E-state index contributed by atoms with van der Waals surface area (Å²) in [6, 6.07) is 5.38. The van der Waals surface area contributed by atoms with Gasteiger partial charge in [0.25, 0.3) is 0 Å². The van der Waals surface area contributed by atoms with Gasteiger partial charge in [-0.15, -0.1) is 0 Å². The number of unbranched alkanes of at least 4 members (excludes halogenated alkanes) is 1. The molecule has 1 unspecified atom stereocenters. The van der Waals surface area contributed by atoms with Crippen LogP contribution in [-0.4, -0.2) is 19.0 Å². The maximum atomic E-state index is 12.9. The smallest absolute Gasteiger partial charge is 0.356 e. The van der Waals surface area contributed by atoms with Gasteiger partial charge in [0.1, 0.15) is 0 Å². The van der Waals surface area contributed by atoms with E-state index in [0.29, 0.717) is 13.1 Å². The zero-order chi connectivity index (χ0) is 15.9. The van der Waals surface area contributed by atoms with Crippen molar-refractivity contribution in [2.75, 3.05) is 13.1 Å². The Balaban J connectivity index is 2.64. The monoisotopic (exact) mass is 302 g/mol. The fourth-order valence-corrected chi connectivity index (χ4v) is 2.14. The highest BCUT2D eigenvalue weighted by atomic mass is 19.4. The second-order valence-corrected chi connectivity index (χ2v) is 5.04. The van der Waals surface area contributed by atoms with Crippen LogP contribution in [0, 0.1) is 0 Å². The summed E-state index contributed by atoms with van der Waals surface area (Å²) < 4.78 is 38.8. The van der Waals surface area contributed by atoms with Gasteiger partial charge >= 0.3 is 6.18 Å². The average Bonchev–Trinajstić information content (AvgIpc) is 2.42. The van der Waals surface area contributed by atoms with E-state index in [4.69, 9.17) is 5.73 Å². The molecule has 0 fully saturated rings. The molecule has 0 bridgehead atoms. The van der Waals surface area contributed by atoms with Crippen molar-refractivity contribution >= 4 is 5.91 Å². The lowest BCUT2D eigenvalue weighted by atomic mass is 9.92. The third kappa shape index (κ3) is 5.75. The molecule has 6 heteroatoms. The molecule has 1 atom stereocenters. The number of nitrogens with two attached hydrogens (primary N) is 1. The Hall–Kier alpha value is -1.56. The number of halogens is 3. The molecule has 0 aliphatic heterocycles. The summed E-state index contributed by atoms with van der Waals surface area (Å²) in [4.78, 5) is 11.7. The molecule has 0 aromatic heterocycles.